The summed E-state index contributed by atoms with van der Waals surface area (Å²) in [7, 11) is 0. The van der Waals surface area contributed by atoms with Gasteiger partial charge in [-0.1, -0.05) is 26.7 Å². The normalized spacial score (nSPS) is 13.6. The largest absolute Gasteiger partial charge is 0.370 e. The van der Waals surface area contributed by atoms with Gasteiger partial charge in [0.15, 0.2) is 5.96 Å². The van der Waals surface area contributed by atoms with Crippen molar-refractivity contribution in [3.63, 3.8) is 0 Å². The van der Waals surface area contributed by atoms with Crippen LogP contribution in [0, 0.1) is 12.8 Å². The molecule has 0 saturated carbocycles. The highest BCUT2D eigenvalue weighted by molar-refractivity contribution is 5.78. The van der Waals surface area contributed by atoms with E-state index in [0.717, 1.165) is 44.1 Å². The van der Waals surface area contributed by atoms with Crippen LogP contribution >= 0.6 is 0 Å². The summed E-state index contributed by atoms with van der Waals surface area (Å²) in [6.45, 7) is 10.5. The minimum atomic E-state index is 0.399. The average Bonchev–Trinajstić information content (AvgIpc) is 2.83. The zero-order chi connectivity index (χ0) is 16.4. The van der Waals surface area contributed by atoms with Crippen LogP contribution in [0.1, 0.15) is 58.7 Å². The molecule has 0 bridgehead atoms. The van der Waals surface area contributed by atoms with Crippen molar-refractivity contribution < 1.29 is 0 Å². The molecule has 1 aromatic rings. The van der Waals surface area contributed by atoms with Gasteiger partial charge in [0, 0.05) is 31.5 Å². The number of imidazole rings is 1. The van der Waals surface area contributed by atoms with E-state index in [-0.39, 0.29) is 0 Å². The van der Waals surface area contributed by atoms with Crippen LogP contribution in [-0.4, -0.2) is 28.1 Å². The average molecular weight is 307 g/mol. The number of aliphatic imine (C=N–C) groups is 1. The first kappa shape index (κ1) is 18.5. The van der Waals surface area contributed by atoms with Gasteiger partial charge in [-0.15, -0.1) is 0 Å². The van der Waals surface area contributed by atoms with E-state index >= 15 is 0 Å². The Kier molecular flexibility index (Phi) is 8.63. The van der Waals surface area contributed by atoms with E-state index in [2.05, 4.69) is 40.6 Å². The first-order valence-electron chi connectivity index (χ1n) is 8.53. The highest BCUT2D eigenvalue weighted by Crippen LogP contribution is 2.08. The van der Waals surface area contributed by atoms with E-state index in [4.69, 9.17) is 5.73 Å². The number of nitrogens with one attached hydrogen (secondary N) is 1. The molecular formula is C17H33N5. The Balaban J connectivity index is 2.10. The fourth-order valence-corrected chi connectivity index (χ4v) is 2.44. The van der Waals surface area contributed by atoms with Crippen LogP contribution in [0.15, 0.2) is 17.4 Å². The number of hydrogen-bond acceptors (Lipinski definition) is 2. The lowest BCUT2D eigenvalue weighted by atomic mass is 10.0. The molecule has 1 heterocycles. The Morgan fingerprint density at radius 2 is 2.05 bits per heavy atom. The van der Waals surface area contributed by atoms with Crippen LogP contribution in [0.4, 0.5) is 0 Å². The molecule has 0 amide bonds. The summed E-state index contributed by atoms with van der Waals surface area (Å²) in [5.41, 5.74) is 5.93. The number of hydrogen-bond donors (Lipinski definition) is 2. The minimum Gasteiger partial charge on any atom is -0.370 e. The fourth-order valence-electron chi connectivity index (χ4n) is 2.44. The van der Waals surface area contributed by atoms with E-state index in [1.54, 1.807) is 0 Å². The number of aryl methyl sites for hydroxylation is 2. The SMILES string of the molecule is Cc1nccn1CCCCN=C(N)NC(C)CCCC(C)C. The van der Waals surface area contributed by atoms with Crippen LogP contribution in [0.5, 0.6) is 0 Å². The molecule has 5 nitrogen and oxygen atoms in total. The van der Waals surface area contributed by atoms with E-state index in [1.165, 1.54) is 12.8 Å². The second-order valence-electron chi connectivity index (χ2n) is 6.51. The highest BCUT2D eigenvalue weighted by atomic mass is 15.1. The van der Waals surface area contributed by atoms with Gasteiger partial charge in [0.1, 0.15) is 5.82 Å². The quantitative estimate of drug-likeness (QED) is 0.396. The van der Waals surface area contributed by atoms with Gasteiger partial charge in [-0.2, -0.15) is 0 Å². The Labute approximate surface area is 135 Å². The van der Waals surface area contributed by atoms with Gasteiger partial charge >= 0.3 is 0 Å². The number of aromatic nitrogens is 2. The molecule has 1 atom stereocenters. The molecule has 0 aliphatic carbocycles. The zero-order valence-electron chi connectivity index (χ0n) is 14.7. The van der Waals surface area contributed by atoms with E-state index in [1.807, 2.05) is 19.3 Å². The van der Waals surface area contributed by atoms with Gasteiger partial charge in [0.05, 0.1) is 0 Å². The van der Waals surface area contributed by atoms with Crippen LogP contribution in [0.3, 0.4) is 0 Å². The van der Waals surface area contributed by atoms with Gasteiger partial charge in [-0.05, 0) is 39.0 Å². The topological polar surface area (TPSA) is 68.2 Å². The lowest BCUT2D eigenvalue weighted by molar-refractivity contribution is 0.493. The lowest BCUT2D eigenvalue weighted by Crippen LogP contribution is -2.38. The number of unbranched alkanes of at least 4 members (excludes halogenated alkanes) is 1. The molecule has 0 saturated heterocycles. The number of nitrogens with two attached hydrogens (primary N) is 1. The number of rotatable bonds is 10. The third-order valence-electron chi connectivity index (χ3n) is 3.83. The fraction of sp³-hybridized carbons (Fsp3) is 0.765. The van der Waals surface area contributed by atoms with Gasteiger partial charge in [0.2, 0.25) is 0 Å². The van der Waals surface area contributed by atoms with Crippen LogP contribution < -0.4 is 11.1 Å². The third-order valence-corrected chi connectivity index (χ3v) is 3.83. The lowest BCUT2D eigenvalue weighted by Gasteiger charge is -2.15. The maximum Gasteiger partial charge on any atom is 0.188 e. The molecule has 3 N–H and O–H groups in total. The summed E-state index contributed by atoms with van der Waals surface area (Å²) in [6.07, 6.45) is 9.66. The Hall–Kier alpha value is -1.52. The van der Waals surface area contributed by atoms with Gasteiger partial charge in [-0.25, -0.2) is 4.98 Å². The predicted octanol–water partition coefficient (Wildman–Crippen LogP) is 3.09. The first-order valence-corrected chi connectivity index (χ1v) is 8.53. The first-order chi connectivity index (χ1) is 10.5. The highest BCUT2D eigenvalue weighted by Gasteiger charge is 2.03. The van der Waals surface area contributed by atoms with Crippen LogP contribution in [-0.2, 0) is 6.54 Å². The van der Waals surface area contributed by atoms with E-state index in [9.17, 15) is 0 Å². The van der Waals surface area contributed by atoms with E-state index in [0.29, 0.717) is 12.0 Å². The molecule has 0 aromatic carbocycles. The molecule has 0 aliphatic rings. The van der Waals surface area contributed by atoms with Gasteiger partial charge in [-0.3, -0.25) is 4.99 Å². The molecule has 1 unspecified atom stereocenters. The maximum atomic E-state index is 5.93. The molecule has 0 radical (unpaired) electrons. The summed E-state index contributed by atoms with van der Waals surface area (Å²) in [5, 5.41) is 3.28. The molecule has 1 rings (SSSR count). The van der Waals surface area contributed by atoms with Crippen molar-refractivity contribution in [3.05, 3.63) is 18.2 Å². The van der Waals surface area contributed by atoms with Gasteiger partial charge in [0.25, 0.3) is 0 Å². The van der Waals surface area contributed by atoms with Crippen molar-refractivity contribution in [3.8, 4) is 0 Å². The van der Waals surface area contributed by atoms with Crippen molar-refractivity contribution in [2.75, 3.05) is 6.54 Å². The van der Waals surface area contributed by atoms with E-state index < -0.39 is 0 Å². The standard InChI is InChI=1S/C17H33N5/c1-14(2)8-7-9-15(3)21-17(18)20-10-5-6-12-22-13-11-19-16(22)4/h11,13-15H,5-10,12H2,1-4H3,(H3,18,20,21). The van der Waals surface area contributed by atoms with Crippen LogP contribution in [0.25, 0.3) is 0 Å². The van der Waals surface area contributed by atoms with Crippen molar-refractivity contribution in [1.82, 2.24) is 14.9 Å². The molecule has 22 heavy (non-hydrogen) atoms. The van der Waals surface area contributed by atoms with Crippen LogP contribution in [0.2, 0.25) is 0 Å². The molecule has 1 aromatic heterocycles. The maximum absolute atomic E-state index is 5.93. The van der Waals surface area contributed by atoms with Crippen molar-refractivity contribution in [1.29, 1.82) is 0 Å². The molecule has 0 aliphatic heterocycles. The minimum absolute atomic E-state index is 0.399. The molecule has 0 spiro atoms. The summed E-state index contributed by atoms with van der Waals surface area (Å²) >= 11 is 0. The van der Waals surface area contributed by atoms with Crippen molar-refractivity contribution >= 4 is 5.96 Å². The number of nitrogens with zero attached hydrogens (tertiary/aromatic N) is 3. The summed E-state index contributed by atoms with van der Waals surface area (Å²) in [5.74, 6) is 2.42. The van der Waals surface area contributed by atoms with Crippen molar-refractivity contribution in [2.24, 2.45) is 16.6 Å². The summed E-state index contributed by atoms with van der Waals surface area (Å²) < 4.78 is 2.17. The Morgan fingerprint density at radius 1 is 1.27 bits per heavy atom. The monoisotopic (exact) mass is 307 g/mol. The smallest absolute Gasteiger partial charge is 0.188 e. The molecule has 5 heteroatoms. The molecular weight excluding hydrogens is 274 g/mol. The second-order valence-corrected chi connectivity index (χ2v) is 6.51. The molecule has 0 fully saturated rings. The Morgan fingerprint density at radius 3 is 2.68 bits per heavy atom. The van der Waals surface area contributed by atoms with Crippen molar-refractivity contribution in [2.45, 2.75) is 72.4 Å². The van der Waals surface area contributed by atoms with Gasteiger partial charge < -0.3 is 15.6 Å². The number of guanidine groups is 1. The summed E-state index contributed by atoms with van der Waals surface area (Å²) in [6, 6.07) is 0.399. The summed E-state index contributed by atoms with van der Waals surface area (Å²) in [4.78, 5) is 8.62. The third kappa shape index (κ3) is 8.05. The predicted molar refractivity (Wildman–Crippen MR) is 94.0 cm³/mol. The zero-order valence-corrected chi connectivity index (χ0v) is 14.7. The second kappa shape index (κ2) is 10.2. The Bertz CT molecular complexity index is 436. The molecule has 126 valence electrons.